The zero-order valence-electron chi connectivity index (χ0n) is 16.3. The van der Waals surface area contributed by atoms with Crippen molar-refractivity contribution in [2.45, 2.75) is 37.8 Å². The number of aliphatic imine (C=N–C) groups is 1. The number of halogens is 4. The molecule has 1 amide bonds. The second-order valence-corrected chi connectivity index (χ2v) is 7.04. The molecule has 1 fully saturated rings. The molecule has 1 aliphatic rings. The summed E-state index contributed by atoms with van der Waals surface area (Å²) >= 11 is 5.45. The van der Waals surface area contributed by atoms with Gasteiger partial charge in [0.05, 0.1) is 6.33 Å². The maximum absolute atomic E-state index is 13.4. The van der Waals surface area contributed by atoms with Gasteiger partial charge in [0.2, 0.25) is 0 Å². The first kappa shape index (κ1) is 23.7. The highest BCUT2D eigenvalue weighted by Crippen LogP contribution is 2.19. The number of nitrogens with one attached hydrogen (secondary N) is 2. The SMILES string of the molecule is NC(CCN=C(NC(=O)C(/C=C/F)=C/C=C/Cl)NC1CCC1)c1cc(F)cc(F)c1. The summed E-state index contributed by atoms with van der Waals surface area (Å²) in [5, 5.41) is 5.75. The van der Waals surface area contributed by atoms with E-state index in [4.69, 9.17) is 17.3 Å². The molecule has 0 aromatic heterocycles. The zero-order valence-corrected chi connectivity index (χ0v) is 17.0. The fourth-order valence-corrected chi connectivity index (χ4v) is 2.81. The van der Waals surface area contributed by atoms with Crippen molar-refractivity contribution < 1.29 is 18.0 Å². The van der Waals surface area contributed by atoms with Crippen LogP contribution in [0.4, 0.5) is 13.2 Å². The molecule has 0 aliphatic heterocycles. The predicted molar refractivity (Wildman–Crippen MR) is 112 cm³/mol. The number of nitrogens with zero attached hydrogens (tertiary/aromatic N) is 1. The zero-order chi connectivity index (χ0) is 21.9. The van der Waals surface area contributed by atoms with E-state index in [9.17, 15) is 18.0 Å². The third-order valence-corrected chi connectivity index (χ3v) is 4.70. The molecule has 1 atom stereocenters. The number of nitrogens with two attached hydrogens (primary N) is 1. The summed E-state index contributed by atoms with van der Waals surface area (Å²) < 4.78 is 39.3. The fraction of sp³-hybridized carbons (Fsp3) is 0.333. The Morgan fingerprint density at radius 1 is 1.30 bits per heavy atom. The van der Waals surface area contributed by atoms with E-state index >= 15 is 0 Å². The van der Waals surface area contributed by atoms with Crippen molar-refractivity contribution in [2.24, 2.45) is 10.7 Å². The van der Waals surface area contributed by atoms with Crippen LogP contribution in [-0.2, 0) is 4.79 Å². The first-order valence-corrected chi connectivity index (χ1v) is 9.94. The second kappa shape index (κ2) is 12.2. The molecule has 4 N–H and O–H groups in total. The highest BCUT2D eigenvalue weighted by atomic mass is 35.5. The number of rotatable bonds is 8. The van der Waals surface area contributed by atoms with Gasteiger partial charge in [-0.1, -0.05) is 17.7 Å². The molecule has 2 rings (SSSR count). The molecule has 30 heavy (non-hydrogen) atoms. The van der Waals surface area contributed by atoms with Gasteiger partial charge in [0.15, 0.2) is 5.96 Å². The van der Waals surface area contributed by atoms with Crippen LogP contribution in [0, 0.1) is 11.6 Å². The molecule has 0 bridgehead atoms. The van der Waals surface area contributed by atoms with E-state index in [1.165, 1.54) is 29.8 Å². The Morgan fingerprint density at radius 3 is 2.57 bits per heavy atom. The minimum absolute atomic E-state index is 0.0458. The number of benzene rings is 1. The molecular weight excluding hydrogens is 417 g/mol. The Morgan fingerprint density at radius 2 is 2.00 bits per heavy atom. The molecule has 1 aromatic carbocycles. The van der Waals surface area contributed by atoms with Crippen molar-refractivity contribution >= 4 is 23.5 Å². The van der Waals surface area contributed by atoms with Gasteiger partial charge in [0.25, 0.3) is 5.91 Å². The molecule has 162 valence electrons. The maximum atomic E-state index is 13.4. The maximum Gasteiger partial charge on any atom is 0.258 e. The van der Waals surface area contributed by atoms with Crippen LogP contribution in [0.1, 0.15) is 37.3 Å². The van der Waals surface area contributed by atoms with Gasteiger partial charge < -0.3 is 11.1 Å². The number of guanidine groups is 1. The van der Waals surface area contributed by atoms with Crippen LogP contribution in [0.5, 0.6) is 0 Å². The average Bonchev–Trinajstić information content (AvgIpc) is 2.66. The number of hydrogen-bond donors (Lipinski definition) is 3. The van der Waals surface area contributed by atoms with Crippen LogP contribution < -0.4 is 16.4 Å². The van der Waals surface area contributed by atoms with Crippen LogP contribution in [-0.4, -0.2) is 24.5 Å². The molecule has 1 aromatic rings. The van der Waals surface area contributed by atoms with Gasteiger partial charge in [0, 0.05) is 35.8 Å². The lowest BCUT2D eigenvalue weighted by molar-refractivity contribution is -0.115. The molecule has 0 spiro atoms. The van der Waals surface area contributed by atoms with Gasteiger partial charge in [-0.3, -0.25) is 15.1 Å². The quantitative estimate of drug-likeness (QED) is 0.246. The molecule has 0 heterocycles. The van der Waals surface area contributed by atoms with E-state index < -0.39 is 23.6 Å². The van der Waals surface area contributed by atoms with Crippen molar-refractivity contribution in [2.75, 3.05) is 6.54 Å². The van der Waals surface area contributed by atoms with Crippen LogP contribution >= 0.6 is 11.6 Å². The first-order chi connectivity index (χ1) is 14.4. The van der Waals surface area contributed by atoms with Crippen LogP contribution in [0.2, 0.25) is 0 Å². The molecule has 9 heteroatoms. The van der Waals surface area contributed by atoms with E-state index in [0.29, 0.717) is 12.0 Å². The van der Waals surface area contributed by atoms with Gasteiger partial charge in [-0.05, 0) is 55.5 Å². The minimum Gasteiger partial charge on any atom is -0.353 e. The Bertz CT molecular complexity index is 830. The van der Waals surface area contributed by atoms with E-state index in [0.717, 1.165) is 31.4 Å². The summed E-state index contributed by atoms with van der Waals surface area (Å²) in [4.78, 5) is 16.8. The number of hydrogen-bond acceptors (Lipinski definition) is 3. The minimum atomic E-state index is -0.699. The van der Waals surface area contributed by atoms with Crippen molar-refractivity contribution in [3.8, 4) is 0 Å². The highest BCUT2D eigenvalue weighted by Gasteiger charge is 2.20. The molecule has 1 aliphatic carbocycles. The Labute approximate surface area is 178 Å². The molecule has 1 saturated carbocycles. The third kappa shape index (κ3) is 7.68. The number of allylic oxidation sites excluding steroid dienone is 2. The van der Waals surface area contributed by atoms with Crippen LogP contribution in [0.15, 0.2) is 58.9 Å². The van der Waals surface area contributed by atoms with Crippen molar-refractivity contribution in [3.63, 3.8) is 0 Å². The number of carbonyl (C=O) groups excluding carboxylic acids is 1. The Hall–Kier alpha value is -2.58. The van der Waals surface area contributed by atoms with Gasteiger partial charge in [-0.15, -0.1) is 0 Å². The number of carbonyl (C=O) groups is 1. The summed E-state index contributed by atoms with van der Waals surface area (Å²) in [6.45, 7) is 0.203. The van der Waals surface area contributed by atoms with Gasteiger partial charge in [-0.2, -0.15) is 0 Å². The topological polar surface area (TPSA) is 79.5 Å². The van der Waals surface area contributed by atoms with Gasteiger partial charge in [-0.25, -0.2) is 13.2 Å². The summed E-state index contributed by atoms with van der Waals surface area (Å²) in [7, 11) is 0. The second-order valence-electron chi connectivity index (χ2n) is 6.79. The lowest BCUT2D eigenvalue weighted by atomic mass is 9.93. The monoisotopic (exact) mass is 440 g/mol. The summed E-state index contributed by atoms with van der Waals surface area (Å²) in [5.41, 5.74) is 7.57. The van der Waals surface area contributed by atoms with E-state index in [1.807, 2.05) is 0 Å². The standard InChI is InChI=1S/C21H24ClF3N4O/c22-8-2-3-14(6-9-23)20(30)29-21(28-18-4-1-5-18)27-10-7-19(26)15-11-16(24)13-17(25)12-15/h2-3,6,8-9,11-13,18-19H,1,4-5,7,10,26H2,(H2,27,28,29,30)/b8-2+,9-6+,14-3+. The predicted octanol–water partition coefficient (Wildman–Crippen LogP) is 4.13. The van der Waals surface area contributed by atoms with Gasteiger partial charge >= 0.3 is 0 Å². The average molecular weight is 441 g/mol. The van der Waals surface area contributed by atoms with Gasteiger partial charge in [0.1, 0.15) is 11.6 Å². The van der Waals surface area contributed by atoms with Crippen molar-refractivity contribution in [3.05, 3.63) is 71.1 Å². The molecule has 5 nitrogen and oxygen atoms in total. The Kier molecular flexibility index (Phi) is 9.63. The summed E-state index contributed by atoms with van der Waals surface area (Å²) in [6.07, 6.45) is 7.26. The number of amides is 1. The molecule has 0 radical (unpaired) electrons. The lowest BCUT2D eigenvalue weighted by Crippen LogP contribution is -2.48. The third-order valence-electron chi connectivity index (χ3n) is 4.55. The van der Waals surface area contributed by atoms with Crippen LogP contribution in [0.25, 0.3) is 0 Å². The largest absolute Gasteiger partial charge is 0.353 e. The van der Waals surface area contributed by atoms with E-state index in [2.05, 4.69) is 15.6 Å². The summed E-state index contributed by atoms with van der Waals surface area (Å²) in [5.74, 6) is -1.74. The van der Waals surface area contributed by atoms with Crippen LogP contribution in [0.3, 0.4) is 0 Å². The van der Waals surface area contributed by atoms with E-state index in [1.54, 1.807) is 0 Å². The molecule has 1 unspecified atom stereocenters. The highest BCUT2D eigenvalue weighted by molar-refractivity contribution is 6.25. The Balaban J connectivity index is 2.05. The van der Waals surface area contributed by atoms with Crippen molar-refractivity contribution in [1.82, 2.24) is 10.6 Å². The summed E-state index contributed by atoms with van der Waals surface area (Å²) in [6, 6.07) is 2.69. The lowest BCUT2D eigenvalue weighted by Gasteiger charge is -2.28. The molecular formula is C21H24ClF3N4O. The smallest absolute Gasteiger partial charge is 0.258 e. The fourth-order valence-electron chi connectivity index (χ4n) is 2.73. The normalized spacial score (nSPS) is 16.7. The molecule has 0 saturated heterocycles. The first-order valence-electron chi connectivity index (χ1n) is 9.50. The van der Waals surface area contributed by atoms with E-state index in [-0.39, 0.29) is 30.4 Å². The van der Waals surface area contributed by atoms with Crippen molar-refractivity contribution in [1.29, 1.82) is 0 Å².